The first kappa shape index (κ1) is 23.4. The number of hydrogen-bond acceptors (Lipinski definition) is 4. The van der Waals surface area contributed by atoms with Gasteiger partial charge in [-0.3, -0.25) is 4.79 Å². The molecule has 1 atom stereocenters. The molecule has 8 heteroatoms. The van der Waals surface area contributed by atoms with Crippen molar-refractivity contribution in [3.8, 4) is 0 Å². The van der Waals surface area contributed by atoms with Gasteiger partial charge in [-0.25, -0.2) is 12.8 Å². The lowest BCUT2D eigenvalue weighted by Crippen LogP contribution is -2.46. The Bertz CT molecular complexity index is 978. The molecule has 158 valence electrons. The van der Waals surface area contributed by atoms with Crippen molar-refractivity contribution in [1.82, 2.24) is 10.0 Å². The van der Waals surface area contributed by atoms with Gasteiger partial charge < -0.3 is 5.32 Å². The van der Waals surface area contributed by atoms with Gasteiger partial charge in [-0.05, 0) is 73.6 Å². The monoisotopic (exact) mass is 438 g/mol. The number of amides is 1. The van der Waals surface area contributed by atoms with Crippen molar-refractivity contribution in [2.75, 3.05) is 12.0 Å². The van der Waals surface area contributed by atoms with Crippen LogP contribution in [0.2, 0.25) is 0 Å². The van der Waals surface area contributed by atoms with Gasteiger partial charge in [0.05, 0.1) is 4.90 Å². The predicted octanol–water partition coefficient (Wildman–Crippen LogP) is 3.47. The third-order valence-electron chi connectivity index (χ3n) is 4.55. The molecule has 5 nitrogen and oxygen atoms in total. The molecule has 0 saturated heterocycles. The summed E-state index contributed by atoms with van der Waals surface area (Å²) in [6, 6.07) is 8.91. The summed E-state index contributed by atoms with van der Waals surface area (Å²) >= 11 is 1.54. The summed E-state index contributed by atoms with van der Waals surface area (Å²) in [6.07, 6.45) is 2.26. The molecule has 1 unspecified atom stereocenters. The van der Waals surface area contributed by atoms with Gasteiger partial charge >= 0.3 is 0 Å². The highest BCUT2D eigenvalue weighted by Crippen LogP contribution is 2.18. The van der Waals surface area contributed by atoms with Crippen molar-refractivity contribution in [2.24, 2.45) is 0 Å². The molecular formula is C21H27FN2O3S2. The van der Waals surface area contributed by atoms with Gasteiger partial charge in [0.15, 0.2) is 0 Å². The maximum absolute atomic E-state index is 13.4. The van der Waals surface area contributed by atoms with Crippen LogP contribution in [0.5, 0.6) is 0 Å². The standard InChI is InChI=1S/C21H27FN2O3S2/c1-14-5-6-15(2)20(11-14)29(26,27)24-19(9-10-28-4)21(25)23-13-17-7-8-18(22)16(3)12-17/h5-8,11-12,19,24H,9-10,13H2,1-4H3,(H,23,25). The maximum atomic E-state index is 13.4. The number of aryl methyl sites for hydroxylation is 3. The first-order valence-electron chi connectivity index (χ1n) is 9.25. The van der Waals surface area contributed by atoms with E-state index in [1.165, 1.54) is 17.8 Å². The number of hydrogen-bond donors (Lipinski definition) is 2. The summed E-state index contributed by atoms with van der Waals surface area (Å²) in [7, 11) is -3.85. The van der Waals surface area contributed by atoms with E-state index in [0.717, 1.165) is 11.1 Å². The molecule has 0 bridgehead atoms. The molecule has 0 saturated carbocycles. The van der Waals surface area contributed by atoms with Crippen LogP contribution in [-0.4, -0.2) is 32.4 Å². The fourth-order valence-electron chi connectivity index (χ4n) is 2.86. The lowest BCUT2D eigenvalue weighted by atomic mass is 10.1. The Morgan fingerprint density at radius 1 is 1.10 bits per heavy atom. The average Bonchev–Trinajstić information content (AvgIpc) is 2.67. The van der Waals surface area contributed by atoms with E-state index in [2.05, 4.69) is 10.0 Å². The van der Waals surface area contributed by atoms with Gasteiger partial charge in [0.2, 0.25) is 15.9 Å². The van der Waals surface area contributed by atoms with E-state index in [1.54, 1.807) is 38.1 Å². The van der Waals surface area contributed by atoms with Crippen LogP contribution in [0.4, 0.5) is 4.39 Å². The van der Waals surface area contributed by atoms with Gasteiger partial charge in [-0.2, -0.15) is 16.5 Å². The van der Waals surface area contributed by atoms with Crippen molar-refractivity contribution >= 4 is 27.7 Å². The average molecular weight is 439 g/mol. The van der Waals surface area contributed by atoms with Gasteiger partial charge in [-0.1, -0.05) is 24.3 Å². The molecule has 2 rings (SSSR count). The van der Waals surface area contributed by atoms with Crippen LogP contribution in [0.15, 0.2) is 41.3 Å². The Balaban J connectivity index is 2.15. The molecule has 0 heterocycles. The maximum Gasteiger partial charge on any atom is 0.241 e. The van der Waals surface area contributed by atoms with Crippen molar-refractivity contribution in [2.45, 2.75) is 44.7 Å². The topological polar surface area (TPSA) is 75.3 Å². The van der Waals surface area contributed by atoms with E-state index in [-0.39, 0.29) is 17.3 Å². The molecule has 0 aliphatic rings. The summed E-state index contributed by atoms with van der Waals surface area (Å²) in [5, 5.41) is 2.76. The van der Waals surface area contributed by atoms with E-state index in [0.29, 0.717) is 23.3 Å². The smallest absolute Gasteiger partial charge is 0.241 e. The number of carbonyl (C=O) groups excluding carboxylic acids is 1. The molecule has 0 aliphatic carbocycles. The van der Waals surface area contributed by atoms with Crippen LogP contribution in [0.25, 0.3) is 0 Å². The second-order valence-corrected chi connectivity index (χ2v) is 9.69. The first-order chi connectivity index (χ1) is 13.6. The van der Waals surface area contributed by atoms with Crippen molar-refractivity contribution < 1.29 is 17.6 Å². The summed E-state index contributed by atoms with van der Waals surface area (Å²) in [5.74, 6) is -0.0857. The fourth-order valence-corrected chi connectivity index (χ4v) is 4.89. The number of rotatable bonds is 9. The highest BCUT2D eigenvalue weighted by atomic mass is 32.2. The molecule has 1 amide bonds. The molecule has 2 aromatic rings. The second kappa shape index (κ2) is 10.2. The summed E-state index contributed by atoms with van der Waals surface area (Å²) in [6.45, 7) is 5.39. The lowest BCUT2D eigenvalue weighted by Gasteiger charge is -2.19. The Morgan fingerprint density at radius 2 is 1.83 bits per heavy atom. The minimum absolute atomic E-state index is 0.175. The van der Waals surface area contributed by atoms with E-state index >= 15 is 0 Å². The minimum atomic E-state index is -3.85. The highest BCUT2D eigenvalue weighted by Gasteiger charge is 2.26. The third kappa shape index (κ3) is 6.55. The van der Waals surface area contributed by atoms with E-state index in [9.17, 15) is 17.6 Å². The van der Waals surface area contributed by atoms with E-state index < -0.39 is 22.0 Å². The van der Waals surface area contributed by atoms with Gasteiger partial charge in [0.25, 0.3) is 0 Å². The number of halogens is 1. The van der Waals surface area contributed by atoms with Gasteiger partial charge in [0.1, 0.15) is 11.9 Å². The molecule has 0 fully saturated rings. The van der Waals surface area contributed by atoms with Crippen LogP contribution in [0, 0.1) is 26.6 Å². The number of sulfonamides is 1. The summed E-state index contributed by atoms with van der Waals surface area (Å²) < 4.78 is 41.8. The zero-order chi connectivity index (χ0) is 21.6. The molecule has 0 aliphatic heterocycles. The van der Waals surface area contributed by atoms with Gasteiger partial charge in [-0.15, -0.1) is 0 Å². The summed E-state index contributed by atoms with van der Waals surface area (Å²) in [4.78, 5) is 12.9. The van der Waals surface area contributed by atoms with Gasteiger partial charge in [0, 0.05) is 6.54 Å². The molecular weight excluding hydrogens is 411 g/mol. The van der Waals surface area contributed by atoms with Crippen LogP contribution in [-0.2, 0) is 21.4 Å². The highest BCUT2D eigenvalue weighted by molar-refractivity contribution is 7.98. The SMILES string of the molecule is CSCCC(NS(=O)(=O)c1cc(C)ccc1C)C(=O)NCc1ccc(F)c(C)c1. The molecule has 29 heavy (non-hydrogen) atoms. The van der Waals surface area contributed by atoms with E-state index in [1.807, 2.05) is 19.2 Å². The van der Waals surface area contributed by atoms with Crippen molar-refractivity contribution in [3.63, 3.8) is 0 Å². The molecule has 2 aromatic carbocycles. The molecule has 0 radical (unpaired) electrons. The molecule has 2 N–H and O–H groups in total. The number of nitrogens with one attached hydrogen (secondary N) is 2. The zero-order valence-electron chi connectivity index (χ0n) is 17.1. The second-order valence-electron chi connectivity index (χ2n) is 7.03. The Morgan fingerprint density at radius 3 is 2.48 bits per heavy atom. The lowest BCUT2D eigenvalue weighted by molar-refractivity contribution is -0.122. The first-order valence-corrected chi connectivity index (χ1v) is 12.1. The number of thioether (sulfide) groups is 1. The Labute approximate surface area is 176 Å². The van der Waals surface area contributed by atoms with E-state index in [4.69, 9.17) is 0 Å². The zero-order valence-corrected chi connectivity index (χ0v) is 18.7. The van der Waals surface area contributed by atoms with Crippen LogP contribution < -0.4 is 10.0 Å². The Hall–Kier alpha value is -1.90. The molecule has 0 aromatic heterocycles. The van der Waals surface area contributed by atoms with Crippen LogP contribution in [0.1, 0.15) is 28.7 Å². The largest absolute Gasteiger partial charge is 0.351 e. The predicted molar refractivity (Wildman–Crippen MR) is 116 cm³/mol. The van der Waals surface area contributed by atoms with Crippen LogP contribution in [0.3, 0.4) is 0 Å². The van der Waals surface area contributed by atoms with Crippen molar-refractivity contribution in [3.05, 3.63) is 64.5 Å². The number of benzene rings is 2. The molecule has 0 spiro atoms. The normalized spacial score (nSPS) is 12.6. The quantitative estimate of drug-likeness (QED) is 0.629. The number of carbonyl (C=O) groups is 1. The van der Waals surface area contributed by atoms with Crippen LogP contribution >= 0.6 is 11.8 Å². The van der Waals surface area contributed by atoms with Crippen molar-refractivity contribution in [1.29, 1.82) is 0 Å². The fraction of sp³-hybridized carbons (Fsp3) is 0.381. The Kier molecular flexibility index (Phi) is 8.24. The minimum Gasteiger partial charge on any atom is -0.351 e. The summed E-state index contributed by atoms with van der Waals surface area (Å²) in [5.41, 5.74) is 2.69. The third-order valence-corrected chi connectivity index (χ3v) is 6.80.